The van der Waals surface area contributed by atoms with Gasteiger partial charge in [-0.1, -0.05) is 12.1 Å². The van der Waals surface area contributed by atoms with Gasteiger partial charge in [-0.05, 0) is 42.8 Å². The number of rotatable bonds is 3. The molecule has 0 radical (unpaired) electrons. The molecule has 0 amide bonds. The van der Waals surface area contributed by atoms with E-state index in [4.69, 9.17) is 0 Å². The SMILES string of the molecule is CC(Nc1cc(F)ccc1F)c1cccc(F)c1. The number of halogens is 3. The number of hydrogen-bond donors (Lipinski definition) is 1. The fourth-order valence-corrected chi connectivity index (χ4v) is 1.70. The molecule has 0 saturated heterocycles. The fraction of sp³-hybridized carbons (Fsp3) is 0.143. The van der Waals surface area contributed by atoms with Crippen LogP contribution in [0.4, 0.5) is 18.9 Å². The topological polar surface area (TPSA) is 12.0 Å². The van der Waals surface area contributed by atoms with Crippen molar-refractivity contribution in [3.05, 3.63) is 65.5 Å². The molecule has 0 aromatic heterocycles. The summed E-state index contributed by atoms with van der Waals surface area (Å²) in [7, 11) is 0. The van der Waals surface area contributed by atoms with Gasteiger partial charge in [-0.3, -0.25) is 0 Å². The fourth-order valence-electron chi connectivity index (χ4n) is 1.70. The first-order valence-corrected chi connectivity index (χ1v) is 5.53. The first kappa shape index (κ1) is 12.5. The van der Waals surface area contributed by atoms with E-state index in [2.05, 4.69) is 5.32 Å². The maximum absolute atomic E-state index is 13.4. The smallest absolute Gasteiger partial charge is 0.146 e. The van der Waals surface area contributed by atoms with E-state index in [0.717, 1.165) is 18.2 Å². The average molecular weight is 251 g/mol. The molecule has 0 saturated carbocycles. The molecule has 1 N–H and O–H groups in total. The van der Waals surface area contributed by atoms with Gasteiger partial charge in [-0.15, -0.1) is 0 Å². The standard InChI is InChI=1S/C14H12F3N/c1-9(10-3-2-4-11(15)7-10)18-14-8-12(16)5-6-13(14)17/h2-9,18H,1H3. The minimum atomic E-state index is -0.542. The highest BCUT2D eigenvalue weighted by Gasteiger charge is 2.10. The molecule has 1 atom stereocenters. The largest absolute Gasteiger partial charge is 0.376 e. The highest BCUT2D eigenvalue weighted by atomic mass is 19.1. The minimum absolute atomic E-state index is 0.0618. The highest BCUT2D eigenvalue weighted by Crippen LogP contribution is 2.22. The van der Waals surface area contributed by atoms with Crippen LogP contribution in [-0.4, -0.2) is 0 Å². The molecule has 2 aromatic rings. The van der Waals surface area contributed by atoms with Gasteiger partial charge < -0.3 is 5.32 Å². The van der Waals surface area contributed by atoms with Crippen LogP contribution in [0.1, 0.15) is 18.5 Å². The first-order valence-electron chi connectivity index (χ1n) is 5.53. The van der Waals surface area contributed by atoms with Gasteiger partial charge in [-0.2, -0.15) is 0 Å². The van der Waals surface area contributed by atoms with Crippen molar-refractivity contribution in [1.82, 2.24) is 0 Å². The molecule has 0 spiro atoms. The molecular weight excluding hydrogens is 239 g/mol. The van der Waals surface area contributed by atoms with Crippen LogP contribution in [-0.2, 0) is 0 Å². The van der Waals surface area contributed by atoms with E-state index < -0.39 is 11.6 Å². The summed E-state index contributed by atoms with van der Waals surface area (Å²) in [5.74, 6) is -1.43. The van der Waals surface area contributed by atoms with Crippen LogP contribution >= 0.6 is 0 Å². The first-order chi connectivity index (χ1) is 8.56. The molecular formula is C14H12F3N. The number of nitrogens with one attached hydrogen (secondary N) is 1. The average Bonchev–Trinajstić information content (AvgIpc) is 2.34. The molecule has 2 rings (SSSR count). The Hall–Kier alpha value is -1.97. The summed E-state index contributed by atoms with van der Waals surface area (Å²) >= 11 is 0. The summed E-state index contributed by atoms with van der Waals surface area (Å²) in [6.07, 6.45) is 0. The Morgan fingerprint density at radius 2 is 1.67 bits per heavy atom. The van der Waals surface area contributed by atoms with Gasteiger partial charge in [0.1, 0.15) is 17.5 Å². The van der Waals surface area contributed by atoms with Crippen LogP contribution in [0.2, 0.25) is 0 Å². The lowest BCUT2D eigenvalue weighted by atomic mass is 10.1. The molecule has 0 aliphatic heterocycles. The Kier molecular flexibility index (Phi) is 3.55. The molecule has 0 aliphatic rings. The summed E-state index contributed by atoms with van der Waals surface area (Å²) in [4.78, 5) is 0. The van der Waals surface area contributed by atoms with E-state index in [9.17, 15) is 13.2 Å². The van der Waals surface area contributed by atoms with Gasteiger partial charge in [-0.25, -0.2) is 13.2 Å². The van der Waals surface area contributed by atoms with Crippen LogP contribution in [0, 0.1) is 17.5 Å². The number of benzene rings is 2. The lowest BCUT2D eigenvalue weighted by molar-refractivity contribution is 0.600. The van der Waals surface area contributed by atoms with Gasteiger partial charge in [0, 0.05) is 6.04 Å². The van der Waals surface area contributed by atoms with Crippen LogP contribution in [0.15, 0.2) is 42.5 Å². The molecule has 1 nitrogen and oxygen atoms in total. The second kappa shape index (κ2) is 5.12. The third-order valence-corrected chi connectivity index (χ3v) is 2.65. The molecule has 2 aromatic carbocycles. The van der Waals surface area contributed by atoms with Crippen LogP contribution in [0.25, 0.3) is 0 Å². The molecule has 1 unspecified atom stereocenters. The van der Waals surface area contributed by atoms with E-state index in [-0.39, 0.29) is 17.5 Å². The van der Waals surface area contributed by atoms with E-state index in [1.54, 1.807) is 19.1 Å². The third kappa shape index (κ3) is 2.83. The molecule has 0 bridgehead atoms. The van der Waals surface area contributed by atoms with E-state index in [1.165, 1.54) is 12.1 Å². The predicted octanol–water partition coefficient (Wildman–Crippen LogP) is 4.28. The van der Waals surface area contributed by atoms with Crippen molar-refractivity contribution in [2.45, 2.75) is 13.0 Å². The Labute approximate surface area is 103 Å². The zero-order chi connectivity index (χ0) is 13.1. The Morgan fingerprint density at radius 3 is 2.39 bits per heavy atom. The number of anilines is 1. The Morgan fingerprint density at radius 1 is 0.944 bits per heavy atom. The number of hydrogen-bond acceptors (Lipinski definition) is 1. The molecule has 0 heterocycles. The monoisotopic (exact) mass is 251 g/mol. The summed E-state index contributed by atoms with van der Waals surface area (Å²) in [5, 5.41) is 2.81. The quantitative estimate of drug-likeness (QED) is 0.858. The van der Waals surface area contributed by atoms with Crippen molar-refractivity contribution in [2.75, 3.05) is 5.32 Å². The summed E-state index contributed by atoms with van der Waals surface area (Å²) in [5.41, 5.74) is 0.727. The summed E-state index contributed by atoms with van der Waals surface area (Å²) in [6.45, 7) is 1.75. The van der Waals surface area contributed by atoms with Gasteiger partial charge in [0.05, 0.1) is 5.69 Å². The molecule has 0 aliphatic carbocycles. The van der Waals surface area contributed by atoms with Crippen molar-refractivity contribution in [1.29, 1.82) is 0 Å². The van der Waals surface area contributed by atoms with E-state index in [0.29, 0.717) is 5.56 Å². The molecule has 0 fully saturated rings. The van der Waals surface area contributed by atoms with Crippen molar-refractivity contribution in [3.8, 4) is 0 Å². The van der Waals surface area contributed by atoms with Gasteiger partial charge in [0.25, 0.3) is 0 Å². The van der Waals surface area contributed by atoms with Crippen molar-refractivity contribution in [3.63, 3.8) is 0 Å². The summed E-state index contributed by atoms with van der Waals surface area (Å²) in [6, 6.07) is 8.84. The summed E-state index contributed by atoms with van der Waals surface area (Å²) < 4.78 is 39.5. The van der Waals surface area contributed by atoms with Gasteiger partial charge in [0.2, 0.25) is 0 Å². The van der Waals surface area contributed by atoms with Gasteiger partial charge in [0.15, 0.2) is 0 Å². The van der Waals surface area contributed by atoms with Crippen LogP contribution in [0.5, 0.6) is 0 Å². The van der Waals surface area contributed by atoms with E-state index >= 15 is 0 Å². The highest BCUT2D eigenvalue weighted by molar-refractivity contribution is 5.47. The molecule has 18 heavy (non-hydrogen) atoms. The van der Waals surface area contributed by atoms with Crippen molar-refractivity contribution < 1.29 is 13.2 Å². The van der Waals surface area contributed by atoms with Crippen molar-refractivity contribution in [2.24, 2.45) is 0 Å². The maximum atomic E-state index is 13.4. The lowest BCUT2D eigenvalue weighted by Gasteiger charge is -2.16. The Balaban J connectivity index is 2.21. The van der Waals surface area contributed by atoms with E-state index in [1.807, 2.05) is 0 Å². The maximum Gasteiger partial charge on any atom is 0.146 e. The normalized spacial score (nSPS) is 12.2. The molecule has 94 valence electrons. The Bertz CT molecular complexity index is 554. The van der Waals surface area contributed by atoms with Crippen molar-refractivity contribution >= 4 is 5.69 Å². The second-order valence-corrected chi connectivity index (χ2v) is 4.05. The predicted molar refractivity (Wildman–Crippen MR) is 64.8 cm³/mol. The van der Waals surface area contributed by atoms with Gasteiger partial charge >= 0.3 is 0 Å². The second-order valence-electron chi connectivity index (χ2n) is 4.05. The lowest BCUT2D eigenvalue weighted by Crippen LogP contribution is -2.08. The molecule has 4 heteroatoms. The minimum Gasteiger partial charge on any atom is -0.376 e. The zero-order valence-electron chi connectivity index (χ0n) is 9.75. The third-order valence-electron chi connectivity index (χ3n) is 2.65. The van der Waals surface area contributed by atoms with Crippen LogP contribution in [0.3, 0.4) is 0 Å². The zero-order valence-corrected chi connectivity index (χ0v) is 9.75. The van der Waals surface area contributed by atoms with Crippen LogP contribution < -0.4 is 5.32 Å².